The maximum atomic E-state index is 8.71. The van der Waals surface area contributed by atoms with Gasteiger partial charge in [0.15, 0.2) is 0 Å². The van der Waals surface area contributed by atoms with Gasteiger partial charge in [-0.2, -0.15) is 0 Å². The van der Waals surface area contributed by atoms with Gasteiger partial charge in [-0.05, 0) is 0 Å². The van der Waals surface area contributed by atoms with E-state index in [1.165, 1.54) is 0 Å². The number of hydrogen-bond acceptors (Lipinski definition) is 2. The molecule has 0 spiro atoms. The Labute approximate surface area is 57.9 Å². The van der Waals surface area contributed by atoms with Gasteiger partial charge in [0, 0.05) is 0 Å². The van der Waals surface area contributed by atoms with Crippen molar-refractivity contribution in [2.75, 3.05) is 0 Å². The fourth-order valence-corrected chi connectivity index (χ4v) is 0. The topological polar surface area (TPSA) is 54.4 Å². The van der Waals surface area contributed by atoms with Crippen molar-refractivity contribution >= 4 is 0 Å². The number of hydrogen-bond donors (Lipinski definition) is 1. The van der Waals surface area contributed by atoms with Gasteiger partial charge >= 0.3 is 28.9 Å². The first-order valence-electron chi connectivity index (χ1n) is 0.565. The van der Waals surface area contributed by atoms with Crippen LogP contribution in [-0.4, -0.2) is 3.61 Å². The van der Waals surface area contributed by atoms with E-state index in [2.05, 4.69) is 0 Å². The monoisotopic (exact) mass is 262 g/mol. The molecule has 0 rings (SSSR count). The predicted octanol–water partition coefficient (Wildman–Crippen LogP) is 0.118. The Morgan fingerprint density at radius 3 is 0.700 bits per heavy atom. The van der Waals surface area contributed by atoms with Crippen LogP contribution in [0.25, 0.3) is 0 Å². The first-order valence-corrected chi connectivity index (χ1v) is 3.34. The Kier molecular flexibility index (Phi) is 624. The van der Waals surface area contributed by atoms with Crippen LogP contribution >= 0.6 is 0 Å². The van der Waals surface area contributed by atoms with Crippen molar-refractivity contribution in [3.63, 3.8) is 0 Å². The molecule has 10 heavy (non-hydrogen) atoms. The van der Waals surface area contributed by atoms with Crippen LogP contribution in [0.15, 0.2) is 0 Å². The van der Waals surface area contributed by atoms with Gasteiger partial charge in [-0.25, -0.2) is 0 Å². The molecule has 0 amide bonds. The molecule has 0 aromatic rings. The van der Waals surface area contributed by atoms with Crippen LogP contribution in [0.5, 0.6) is 0 Å². The molecule has 1 N–H and O–H groups in total. The Morgan fingerprint density at radius 1 is 0.700 bits per heavy atom. The summed E-state index contributed by atoms with van der Waals surface area (Å²) in [6.45, 7) is 0. The second-order valence-electron chi connectivity index (χ2n) is 0.238. The van der Waals surface area contributed by atoms with E-state index in [1.54, 1.807) is 0 Å². The van der Waals surface area contributed by atoms with E-state index in [1.807, 2.05) is 0 Å². The Morgan fingerprint density at radius 2 is 0.700 bits per heavy atom. The van der Waals surface area contributed by atoms with E-state index in [0.29, 0.717) is 0 Å². The van der Waals surface area contributed by atoms with Gasteiger partial charge in [0.05, 0.1) is 0 Å². The number of rotatable bonds is 0. The molecular formula is H7F6NbO3. The zero-order valence-corrected chi connectivity index (χ0v) is 6.36. The Hall–Kier alpha value is -0.120. The average molecular weight is 262 g/mol. The van der Waals surface area contributed by atoms with Gasteiger partial charge in [-0.1, -0.05) is 0 Å². The third-order valence-electron chi connectivity index (χ3n) is 0. The van der Waals surface area contributed by atoms with Crippen molar-refractivity contribution in [1.29, 1.82) is 0 Å². The van der Waals surface area contributed by atoms with Crippen LogP contribution in [0, 0.1) is 0 Å². The van der Waals surface area contributed by atoms with Crippen molar-refractivity contribution in [3.8, 4) is 0 Å². The third-order valence-corrected chi connectivity index (χ3v) is 0. The van der Waals surface area contributed by atoms with E-state index in [9.17, 15) is 0 Å². The van der Waals surface area contributed by atoms with Crippen molar-refractivity contribution in [1.82, 2.24) is 0 Å². The molecule has 0 aliphatic carbocycles. The van der Waals surface area contributed by atoms with Gasteiger partial charge in [0.1, 0.15) is 0 Å². The summed E-state index contributed by atoms with van der Waals surface area (Å²) in [5.74, 6) is 0. The van der Waals surface area contributed by atoms with Crippen molar-refractivity contribution in [2.24, 2.45) is 0 Å². The van der Waals surface area contributed by atoms with Crippen molar-refractivity contribution in [2.45, 2.75) is 0 Å². The quantitative estimate of drug-likeness (QED) is 0.498. The van der Waals surface area contributed by atoms with E-state index in [0.717, 1.165) is 0 Å². The van der Waals surface area contributed by atoms with E-state index < -0.39 is 18.8 Å². The molecule has 0 aromatic heterocycles. The summed E-state index contributed by atoms with van der Waals surface area (Å²) in [4.78, 5) is 0. The molecule has 0 saturated heterocycles. The van der Waals surface area contributed by atoms with Crippen LogP contribution in [0.2, 0.25) is 0 Å². The van der Waals surface area contributed by atoms with Crippen LogP contribution in [0.3, 0.4) is 0 Å². The van der Waals surface area contributed by atoms with Crippen LogP contribution in [0.1, 0.15) is 0 Å². The molecule has 0 bridgehead atoms. The summed E-state index contributed by atoms with van der Waals surface area (Å²) in [6, 6.07) is 0. The molecule has 0 fully saturated rings. The standard InChI is InChI=1S/6FH.Nb.H2O.2O/h6*1H;;1H2;;/q;;;;;;+1;;;/p-1. The summed E-state index contributed by atoms with van der Waals surface area (Å²) in [6.07, 6.45) is 0. The third kappa shape index (κ3) is 26000. The molecular weight excluding hydrogens is 255 g/mol. The average Bonchev–Trinajstić information content (AvgIpc) is 0.811. The summed E-state index contributed by atoms with van der Waals surface area (Å²) in [7, 11) is 0. The summed E-state index contributed by atoms with van der Waals surface area (Å²) in [5, 5.41) is 0. The van der Waals surface area contributed by atoms with Crippen LogP contribution in [0.4, 0.5) is 28.2 Å². The molecule has 10 heteroatoms. The second-order valence-corrected chi connectivity index (χ2v) is 1.41. The maximum absolute atomic E-state index is 8.71. The summed E-state index contributed by atoms with van der Waals surface area (Å²) >= 11 is -3.95. The molecule has 0 aromatic carbocycles. The van der Waals surface area contributed by atoms with Gasteiger partial charge in [-0.15, -0.1) is 0 Å². The molecule has 0 atom stereocenters. The van der Waals surface area contributed by atoms with Gasteiger partial charge in [-0.3, -0.25) is 28.2 Å². The van der Waals surface area contributed by atoms with Crippen LogP contribution in [-0.2, 0) is 25.3 Å². The molecule has 3 nitrogen and oxygen atoms in total. The minimum absolute atomic E-state index is 0. The van der Waals surface area contributed by atoms with Crippen LogP contribution < -0.4 is 0 Å². The zero-order chi connectivity index (χ0) is 3.58. The molecule has 0 unspecified atom stereocenters. The fraction of sp³-hybridized carbons (Fsp3) is 0. The van der Waals surface area contributed by atoms with Gasteiger partial charge < -0.3 is 0 Å². The Balaban J connectivity index is -0.00000000300. The first-order chi connectivity index (χ1) is 1.73. The van der Waals surface area contributed by atoms with Crippen molar-refractivity contribution < 1.29 is 57.1 Å². The molecule has 0 saturated carbocycles. The molecule has 0 aliphatic rings. The molecule has 0 heterocycles. The molecule has 0 aliphatic heterocycles. The fourth-order valence-electron chi connectivity index (χ4n) is 0. The number of halogens is 6. The second kappa shape index (κ2) is 66.5. The van der Waals surface area contributed by atoms with E-state index in [4.69, 9.17) is 10.1 Å². The van der Waals surface area contributed by atoms with E-state index >= 15 is 0 Å². The van der Waals surface area contributed by atoms with Crippen molar-refractivity contribution in [3.05, 3.63) is 0 Å². The first kappa shape index (κ1) is 93.9. The minimum atomic E-state index is -3.95. The predicted molar refractivity (Wildman–Crippen MR) is 18.6 cm³/mol. The molecule has 72 valence electrons. The Bertz CT molecular complexity index is 61.4. The van der Waals surface area contributed by atoms with Gasteiger partial charge in [0.2, 0.25) is 0 Å². The zero-order valence-electron chi connectivity index (χ0n) is 4.16. The summed E-state index contributed by atoms with van der Waals surface area (Å²) < 4.78 is 24.6. The molecule has 0 radical (unpaired) electrons. The SMILES string of the molecule is F.F.F.F.F.F.[O]=[Nb](=[O])[OH]. The normalized spacial score (nSPS) is 2.50. The van der Waals surface area contributed by atoms with E-state index in [-0.39, 0.29) is 28.2 Å². The van der Waals surface area contributed by atoms with Gasteiger partial charge in [0.25, 0.3) is 0 Å². The summed E-state index contributed by atoms with van der Waals surface area (Å²) in [5.41, 5.74) is 0.